The summed E-state index contributed by atoms with van der Waals surface area (Å²) in [5.74, 6) is -0.707. The van der Waals surface area contributed by atoms with E-state index < -0.39 is 12.7 Å². The third-order valence-electron chi connectivity index (χ3n) is 1.65. The van der Waals surface area contributed by atoms with Crippen molar-refractivity contribution in [3.05, 3.63) is 11.8 Å². The molecule has 1 aromatic heterocycles. The molecule has 0 atom stereocenters. The van der Waals surface area contributed by atoms with E-state index in [9.17, 15) is 4.79 Å². The topological polar surface area (TPSA) is 80.0 Å². The minimum absolute atomic E-state index is 0.0284. The summed E-state index contributed by atoms with van der Waals surface area (Å²) in [5.41, 5.74) is 0. The number of hydrogen-bond donors (Lipinski definition) is 0. The van der Waals surface area contributed by atoms with Crippen LogP contribution in [0.3, 0.4) is 0 Å². The maximum Gasteiger partial charge on any atom is 0.381 e. The maximum atomic E-state index is 11.2. The minimum atomic E-state index is -2.91. The van der Waals surface area contributed by atoms with Gasteiger partial charge in [0.1, 0.15) is 0 Å². The molecule has 1 aromatic rings. The lowest BCUT2D eigenvalue weighted by molar-refractivity contribution is 0.0554. The Morgan fingerprint density at radius 1 is 1.44 bits per heavy atom. The number of carbonyl (C=O) groups excluding carboxylic acids is 1. The highest BCUT2D eigenvalue weighted by Crippen LogP contribution is 2.49. The maximum absolute atomic E-state index is 11.2. The van der Waals surface area contributed by atoms with Gasteiger partial charge in [-0.15, -0.1) is 0 Å². The van der Waals surface area contributed by atoms with Crippen molar-refractivity contribution in [3.63, 3.8) is 0 Å². The lowest BCUT2D eigenvalue weighted by Gasteiger charge is -2.18. The third kappa shape index (κ3) is 4.06. The molecule has 0 saturated carbocycles. The molecule has 1 rings (SSSR count). The van der Waals surface area contributed by atoms with Crippen LogP contribution in [0.2, 0.25) is 0 Å². The zero-order valence-electron chi connectivity index (χ0n) is 10.2. The molecule has 0 aliphatic rings. The van der Waals surface area contributed by atoms with Gasteiger partial charge < -0.3 is 13.8 Å². The lowest BCUT2D eigenvalue weighted by Crippen LogP contribution is -2.02. The Balaban J connectivity index is 2.78. The van der Waals surface area contributed by atoms with Gasteiger partial charge >= 0.3 is 12.7 Å². The fourth-order valence-corrected chi connectivity index (χ4v) is 3.01. The van der Waals surface area contributed by atoms with Gasteiger partial charge in [-0.05, 0) is 19.0 Å². The van der Waals surface area contributed by atoms with Gasteiger partial charge in [-0.2, -0.15) is 0 Å². The number of esters is 1. The highest BCUT2D eigenvalue weighted by atomic mass is 32.5. The van der Waals surface area contributed by atoms with E-state index in [1.807, 2.05) is 0 Å². The quantitative estimate of drug-likeness (QED) is 0.559. The van der Waals surface area contributed by atoms with Crippen LogP contribution in [0.15, 0.2) is 10.6 Å². The monoisotopic (exact) mass is 295 g/mol. The standard InChI is InChI=1S/C9H14NO6PS/c1-4-13-17(18,14-5-2)16-8-6-7(15-10-8)9(11)12-3/h6H,4-5H2,1-3H3. The predicted octanol–water partition coefficient (Wildman–Crippen LogP) is 2.14. The van der Waals surface area contributed by atoms with Crippen molar-refractivity contribution in [1.82, 2.24) is 5.16 Å². The van der Waals surface area contributed by atoms with E-state index in [1.165, 1.54) is 13.2 Å². The second-order valence-electron chi connectivity index (χ2n) is 2.90. The Hall–Kier alpha value is -0.950. The summed E-state index contributed by atoms with van der Waals surface area (Å²) < 4.78 is 25.0. The molecule has 0 radical (unpaired) electrons. The van der Waals surface area contributed by atoms with Gasteiger partial charge in [0.2, 0.25) is 5.76 Å². The number of ether oxygens (including phenoxy) is 1. The molecule has 18 heavy (non-hydrogen) atoms. The Bertz CT molecular complexity index is 438. The van der Waals surface area contributed by atoms with Crippen molar-refractivity contribution in [2.24, 2.45) is 0 Å². The predicted molar refractivity (Wildman–Crippen MR) is 66.0 cm³/mol. The second kappa shape index (κ2) is 6.84. The van der Waals surface area contributed by atoms with Crippen molar-refractivity contribution >= 4 is 24.5 Å². The van der Waals surface area contributed by atoms with Crippen LogP contribution in [0, 0.1) is 0 Å². The summed E-state index contributed by atoms with van der Waals surface area (Å²) in [4.78, 5) is 11.2. The van der Waals surface area contributed by atoms with Crippen LogP contribution in [-0.4, -0.2) is 31.4 Å². The van der Waals surface area contributed by atoms with Crippen LogP contribution in [0.4, 0.5) is 0 Å². The molecule has 102 valence electrons. The van der Waals surface area contributed by atoms with E-state index in [0.29, 0.717) is 13.2 Å². The average molecular weight is 295 g/mol. The highest BCUT2D eigenvalue weighted by molar-refractivity contribution is 8.07. The molecule has 0 fully saturated rings. The van der Waals surface area contributed by atoms with Crippen molar-refractivity contribution in [2.45, 2.75) is 13.8 Å². The number of nitrogens with zero attached hydrogens (tertiary/aromatic N) is 1. The zero-order chi connectivity index (χ0) is 13.6. The van der Waals surface area contributed by atoms with Crippen LogP contribution in [0.5, 0.6) is 5.88 Å². The third-order valence-corrected chi connectivity index (χ3v) is 4.07. The van der Waals surface area contributed by atoms with Crippen LogP contribution >= 0.6 is 6.72 Å². The average Bonchev–Trinajstić information content (AvgIpc) is 2.76. The van der Waals surface area contributed by atoms with Gasteiger partial charge in [-0.25, -0.2) is 4.79 Å². The minimum Gasteiger partial charge on any atom is -0.463 e. The molecule has 0 aromatic carbocycles. The Morgan fingerprint density at radius 2 is 2.06 bits per heavy atom. The first kappa shape index (κ1) is 15.1. The van der Waals surface area contributed by atoms with Crippen molar-refractivity contribution < 1.29 is 27.6 Å². The first-order valence-corrected chi connectivity index (χ1v) is 7.74. The first-order valence-electron chi connectivity index (χ1n) is 5.18. The second-order valence-corrected chi connectivity index (χ2v) is 5.83. The molecule has 0 aliphatic heterocycles. The number of methoxy groups -OCH3 is 1. The lowest BCUT2D eigenvalue weighted by atomic mass is 10.5. The van der Waals surface area contributed by atoms with Gasteiger partial charge in [0.25, 0.3) is 5.88 Å². The van der Waals surface area contributed by atoms with Gasteiger partial charge in [0, 0.05) is 11.8 Å². The molecule has 0 saturated heterocycles. The summed E-state index contributed by atoms with van der Waals surface area (Å²) in [6.07, 6.45) is 0. The zero-order valence-corrected chi connectivity index (χ0v) is 12.0. The summed E-state index contributed by atoms with van der Waals surface area (Å²) in [6.45, 7) is 1.32. The van der Waals surface area contributed by atoms with Gasteiger partial charge in [-0.3, -0.25) is 9.05 Å². The van der Waals surface area contributed by atoms with Gasteiger partial charge in [0.05, 0.1) is 26.4 Å². The van der Waals surface area contributed by atoms with Crippen LogP contribution in [0.1, 0.15) is 24.4 Å². The van der Waals surface area contributed by atoms with E-state index in [0.717, 1.165) is 0 Å². The van der Waals surface area contributed by atoms with E-state index in [2.05, 4.69) is 9.89 Å². The summed E-state index contributed by atoms with van der Waals surface area (Å²) in [6, 6.07) is 1.27. The van der Waals surface area contributed by atoms with E-state index in [-0.39, 0.29) is 11.6 Å². The molecule has 1 heterocycles. The SMILES string of the molecule is CCOP(=S)(OCC)Oc1cc(C(=O)OC)on1. The van der Waals surface area contributed by atoms with Gasteiger partial charge in [-0.1, -0.05) is 0 Å². The molecule has 0 spiro atoms. The molecule has 0 aliphatic carbocycles. The molecular formula is C9H14NO6PS. The number of hydrogen-bond acceptors (Lipinski definition) is 8. The summed E-state index contributed by atoms with van der Waals surface area (Å²) in [5, 5.41) is 3.54. The fraction of sp³-hybridized carbons (Fsp3) is 0.556. The summed E-state index contributed by atoms with van der Waals surface area (Å²) >= 11 is 5.13. The Labute approximate surface area is 110 Å². The van der Waals surface area contributed by atoms with Crippen molar-refractivity contribution in [3.8, 4) is 5.88 Å². The molecule has 7 nitrogen and oxygen atoms in total. The Morgan fingerprint density at radius 3 is 2.56 bits per heavy atom. The molecule has 9 heteroatoms. The van der Waals surface area contributed by atoms with Crippen molar-refractivity contribution in [2.75, 3.05) is 20.3 Å². The largest absolute Gasteiger partial charge is 0.463 e. The molecule has 0 bridgehead atoms. The molecule has 0 amide bonds. The van der Waals surface area contributed by atoms with Crippen LogP contribution in [0.25, 0.3) is 0 Å². The summed E-state index contributed by atoms with van der Waals surface area (Å²) in [7, 11) is 1.23. The first-order chi connectivity index (χ1) is 8.54. The smallest absolute Gasteiger partial charge is 0.381 e. The number of carbonyl (C=O) groups is 1. The Kier molecular flexibility index (Phi) is 5.74. The number of aromatic nitrogens is 1. The van der Waals surface area contributed by atoms with Crippen LogP contribution in [-0.2, 0) is 25.6 Å². The van der Waals surface area contributed by atoms with Gasteiger partial charge in [0.15, 0.2) is 0 Å². The van der Waals surface area contributed by atoms with Crippen LogP contribution < -0.4 is 4.52 Å². The highest BCUT2D eigenvalue weighted by Gasteiger charge is 2.24. The molecular weight excluding hydrogens is 281 g/mol. The number of rotatable bonds is 7. The van der Waals surface area contributed by atoms with Crippen molar-refractivity contribution in [1.29, 1.82) is 0 Å². The normalized spacial score (nSPS) is 11.3. The van der Waals surface area contributed by atoms with E-state index in [1.54, 1.807) is 13.8 Å². The molecule has 0 unspecified atom stereocenters. The van der Waals surface area contributed by atoms with E-state index >= 15 is 0 Å². The molecule has 0 N–H and O–H groups in total. The van der Waals surface area contributed by atoms with E-state index in [4.69, 9.17) is 29.9 Å². The fourth-order valence-electron chi connectivity index (χ4n) is 1.02.